The van der Waals surface area contributed by atoms with Gasteiger partial charge in [0.05, 0.1) is 6.34 Å². The summed E-state index contributed by atoms with van der Waals surface area (Å²) in [6.07, 6.45) is 2.27. The summed E-state index contributed by atoms with van der Waals surface area (Å²) in [5, 5.41) is 2.89. The first-order chi connectivity index (χ1) is 7.86. The molecule has 84 valence electrons. The lowest BCUT2D eigenvalue weighted by molar-refractivity contribution is -0.147. The molecule has 1 aliphatic heterocycles. The fourth-order valence-corrected chi connectivity index (χ4v) is 1.51. The Hall–Kier alpha value is -1.84. The molecule has 1 N–H and O–H groups in total. The van der Waals surface area contributed by atoms with E-state index < -0.39 is 0 Å². The van der Waals surface area contributed by atoms with Crippen molar-refractivity contribution in [3.05, 3.63) is 35.9 Å². The molecule has 1 aromatic rings. The van der Waals surface area contributed by atoms with Gasteiger partial charge in [-0.15, -0.1) is 0 Å². The van der Waals surface area contributed by atoms with Crippen LogP contribution in [0.5, 0.6) is 0 Å². The molecule has 1 heterocycles. The maximum Gasteiger partial charge on any atom is 0.328 e. The predicted octanol–water partition coefficient (Wildman–Crippen LogP) is 1.12. The molecule has 1 atom stereocenters. The fourth-order valence-electron chi connectivity index (χ4n) is 1.51. The smallest absolute Gasteiger partial charge is 0.328 e. The molecule has 2 rings (SSSR count). The number of benzene rings is 1. The monoisotopic (exact) mass is 218 g/mol. The second kappa shape index (κ2) is 5.30. The van der Waals surface area contributed by atoms with E-state index in [1.165, 1.54) is 0 Å². The highest BCUT2D eigenvalue weighted by Gasteiger charge is 2.19. The van der Waals surface area contributed by atoms with Gasteiger partial charge in [0.15, 0.2) is 0 Å². The first-order valence-electron chi connectivity index (χ1n) is 5.31. The second-order valence-corrected chi connectivity index (χ2v) is 3.64. The van der Waals surface area contributed by atoms with Crippen LogP contribution in [0.1, 0.15) is 12.0 Å². The second-order valence-electron chi connectivity index (χ2n) is 3.64. The molecule has 4 heteroatoms. The van der Waals surface area contributed by atoms with Crippen LogP contribution < -0.4 is 5.32 Å². The van der Waals surface area contributed by atoms with E-state index in [1.807, 2.05) is 30.3 Å². The Labute approximate surface area is 94.3 Å². The van der Waals surface area contributed by atoms with Crippen LogP contribution in [-0.2, 0) is 16.1 Å². The summed E-state index contributed by atoms with van der Waals surface area (Å²) < 4.78 is 5.20. The molecule has 1 aliphatic rings. The van der Waals surface area contributed by atoms with E-state index in [0.717, 1.165) is 5.56 Å². The van der Waals surface area contributed by atoms with Gasteiger partial charge in [-0.25, -0.2) is 4.79 Å². The van der Waals surface area contributed by atoms with Crippen LogP contribution in [0.3, 0.4) is 0 Å². The molecule has 0 amide bonds. The third-order valence-corrected chi connectivity index (χ3v) is 2.42. The minimum absolute atomic E-state index is 0.213. The van der Waals surface area contributed by atoms with Crippen molar-refractivity contribution < 1.29 is 9.53 Å². The van der Waals surface area contributed by atoms with Crippen molar-refractivity contribution in [2.75, 3.05) is 6.54 Å². The SMILES string of the molecule is O=C(OCc1ccccc1)C1CCN=CN1. The Kier molecular flexibility index (Phi) is 3.53. The quantitative estimate of drug-likeness (QED) is 0.773. The molecule has 0 saturated heterocycles. The summed E-state index contributed by atoms with van der Waals surface area (Å²) >= 11 is 0. The van der Waals surface area contributed by atoms with Gasteiger partial charge in [-0.1, -0.05) is 30.3 Å². The van der Waals surface area contributed by atoms with Crippen molar-refractivity contribution in [3.8, 4) is 0 Å². The highest BCUT2D eigenvalue weighted by molar-refractivity contribution is 5.79. The van der Waals surface area contributed by atoms with Gasteiger partial charge in [-0.2, -0.15) is 0 Å². The number of carbonyl (C=O) groups is 1. The van der Waals surface area contributed by atoms with Gasteiger partial charge in [0, 0.05) is 6.54 Å². The number of carbonyl (C=O) groups excluding carboxylic acids is 1. The third-order valence-electron chi connectivity index (χ3n) is 2.42. The maximum absolute atomic E-state index is 11.6. The van der Waals surface area contributed by atoms with Crippen LogP contribution in [0, 0.1) is 0 Å². The minimum Gasteiger partial charge on any atom is -0.459 e. The van der Waals surface area contributed by atoms with E-state index in [2.05, 4.69) is 10.3 Å². The van der Waals surface area contributed by atoms with E-state index in [1.54, 1.807) is 6.34 Å². The first kappa shape index (κ1) is 10.7. The first-order valence-corrected chi connectivity index (χ1v) is 5.31. The number of aliphatic imine (C=N–C) groups is 1. The highest BCUT2D eigenvalue weighted by Crippen LogP contribution is 2.04. The van der Waals surface area contributed by atoms with Crippen molar-refractivity contribution in [2.45, 2.75) is 19.1 Å². The van der Waals surface area contributed by atoms with Crippen molar-refractivity contribution in [1.82, 2.24) is 5.32 Å². The summed E-state index contributed by atoms with van der Waals surface area (Å²) in [6, 6.07) is 9.40. The number of nitrogens with one attached hydrogen (secondary N) is 1. The average molecular weight is 218 g/mol. The Morgan fingerprint density at radius 1 is 1.44 bits per heavy atom. The average Bonchev–Trinajstić information content (AvgIpc) is 2.38. The van der Waals surface area contributed by atoms with Crippen molar-refractivity contribution >= 4 is 12.3 Å². The Balaban J connectivity index is 1.82. The van der Waals surface area contributed by atoms with E-state index in [4.69, 9.17) is 4.74 Å². The highest BCUT2D eigenvalue weighted by atomic mass is 16.5. The Morgan fingerprint density at radius 2 is 2.25 bits per heavy atom. The largest absolute Gasteiger partial charge is 0.459 e. The van der Waals surface area contributed by atoms with Gasteiger partial charge in [0.1, 0.15) is 12.6 Å². The van der Waals surface area contributed by atoms with Gasteiger partial charge in [0.2, 0.25) is 0 Å². The molecule has 1 unspecified atom stereocenters. The molecule has 0 spiro atoms. The lowest BCUT2D eigenvalue weighted by Gasteiger charge is -2.17. The summed E-state index contributed by atoms with van der Waals surface area (Å²) in [5.74, 6) is -0.213. The molecule has 0 fully saturated rings. The van der Waals surface area contributed by atoms with Crippen LogP contribution in [0.2, 0.25) is 0 Å². The summed E-state index contributed by atoms with van der Waals surface area (Å²) in [6.45, 7) is 1.01. The number of hydrogen-bond donors (Lipinski definition) is 1. The van der Waals surface area contributed by atoms with Crippen LogP contribution in [-0.4, -0.2) is 24.9 Å². The molecule has 1 aromatic carbocycles. The third kappa shape index (κ3) is 2.82. The molecule has 0 radical (unpaired) electrons. The fraction of sp³-hybridized carbons (Fsp3) is 0.333. The number of rotatable bonds is 3. The zero-order valence-corrected chi connectivity index (χ0v) is 8.93. The zero-order chi connectivity index (χ0) is 11.2. The summed E-state index contributed by atoms with van der Waals surface area (Å²) in [5.41, 5.74) is 1.00. The van der Waals surface area contributed by atoms with Gasteiger partial charge >= 0.3 is 5.97 Å². The lowest BCUT2D eigenvalue weighted by Crippen LogP contribution is -2.40. The van der Waals surface area contributed by atoms with Gasteiger partial charge < -0.3 is 10.1 Å². The lowest BCUT2D eigenvalue weighted by atomic mass is 10.2. The molecule has 0 saturated carbocycles. The standard InChI is InChI=1S/C12H14N2O2/c15-12(11-6-7-13-9-14-11)16-8-10-4-2-1-3-5-10/h1-5,9,11H,6-8H2,(H,13,14). The van der Waals surface area contributed by atoms with Gasteiger partial charge in [-0.3, -0.25) is 4.99 Å². The molecule has 0 bridgehead atoms. The molecule has 16 heavy (non-hydrogen) atoms. The van der Waals surface area contributed by atoms with Crippen LogP contribution in [0.4, 0.5) is 0 Å². The van der Waals surface area contributed by atoms with Crippen LogP contribution in [0.15, 0.2) is 35.3 Å². The number of ether oxygens (including phenoxy) is 1. The van der Waals surface area contributed by atoms with Gasteiger partial charge in [0.25, 0.3) is 0 Å². The number of nitrogens with zero attached hydrogens (tertiary/aromatic N) is 1. The number of hydrogen-bond acceptors (Lipinski definition) is 4. The Bertz CT molecular complexity index is 376. The Morgan fingerprint density at radius 3 is 2.94 bits per heavy atom. The molecular weight excluding hydrogens is 204 g/mol. The van der Waals surface area contributed by atoms with Gasteiger partial charge in [-0.05, 0) is 12.0 Å². The van der Waals surface area contributed by atoms with Crippen LogP contribution >= 0.6 is 0 Å². The van der Waals surface area contributed by atoms with Crippen LogP contribution in [0.25, 0.3) is 0 Å². The molecule has 0 aromatic heterocycles. The topological polar surface area (TPSA) is 50.7 Å². The van der Waals surface area contributed by atoms with E-state index in [0.29, 0.717) is 19.6 Å². The normalized spacial score (nSPS) is 18.9. The van der Waals surface area contributed by atoms with Crippen molar-refractivity contribution in [3.63, 3.8) is 0 Å². The molecule has 0 aliphatic carbocycles. The predicted molar refractivity (Wildman–Crippen MR) is 61.1 cm³/mol. The number of esters is 1. The summed E-state index contributed by atoms with van der Waals surface area (Å²) in [4.78, 5) is 15.6. The summed E-state index contributed by atoms with van der Waals surface area (Å²) in [7, 11) is 0. The maximum atomic E-state index is 11.6. The minimum atomic E-state index is -0.249. The van der Waals surface area contributed by atoms with E-state index in [-0.39, 0.29) is 12.0 Å². The van der Waals surface area contributed by atoms with E-state index in [9.17, 15) is 4.79 Å². The zero-order valence-electron chi connectivity index (χ0n) is 8.93. The molecular formula is C12H14N2O2. The van der Waals surface area contributed by atoms with E-state index >= 15 is 0 Å². The molecule has 4 nitrogen and oxygen atoms in total. The van der Waals surface area contributed by atoms with Crippen molar-refractivity contribution in [2.24, 2.45) is 4.99 Å². The van der Waals surface area contributed by atoms with Crippen molar-refractivity contribution in [1.29, 1.82) is 0 Å².